The van der Waals surface area contributed by atoms with Gasteiger partial charge in [-0.3, -0.25) is 4.98 Å². The van der Waals surface area contributed by atoms with Gasteiger partial charge in [0.1, 0.15) is 6.07 Å². The number of aryl methyl sites for hydroxylation is 2. The molecule has 1 aromatic heterocycles. The minimum atomic E-state index is 0.662. The van der Waals surface area contributed by atoms with Crippen LogP contribution in [0.2, 0.25) is 0 Å². The highest BCUT2D eigenvalue weighted by molar-refractivity contribution is 7.98. The van der Waals surface area contributed by atoms with E-state index in [0.717, 1.165) is 35.8 Å². The Labute approximate surface area is 101 Å². The summed E-state index contributed by atoms with van der Waals surface area (Å²) in [5.74, 6) is 1.14. The van der Waals surface area contributed by atoms with Crippen LogP contribution in [0.3, 0.4) is 0 Å². The van der Waals surface area contributed by atoms with Gasteiger partial charge in [-0.1, -0.05) is 0 Å². The van der Waals surface area contributed by atoms with E-state index in [2.05, 4.69) is 22.6 Å². The van der Waals surface area contributed by atoms with E-state index in [4.69, 9.17) is 5.26 Å². The first-order chi connectivity index (χ1) is 7.69. The van der Waals surface area contributed by atoms with E-state index in [1.54, 1.807) is 0 Å². The molecule has 3 nitrogen and oxygen atoms in total. The van der Waals surface area contributed by atoms with Gasteiger partial charge in [-0.2, -0.15) is 17.0 Å². The first kappa shape index (κ1) is 12.9. The average Bonchev–Trinajstić information content (AvgIpc) is 2.24. The van der Waals surface area contributed by atoms with Gasteiger partial charge in [-0.05, 0) is 38.3 Å². The van der Waals surface area contributed by atoms with E-state index in [0.29, 0.717) is 5.56 Å². The van der Waals surface area contributed by atoms with Gasteiger partial charge in [0.05, 0.1) is 16.9 Å². The number of nitriles is 1. The van der Waals surface area contributed by atoms with Crippen LogP contribution in [0.1, 0.15) is 23.4 Å². The van der Waals surface area contributed by atoms with Gasteiger partial charge in [0.2, 0.25) is 0 Å². The predicted molar refractivity (Wildman–Crippen MR) is 69.9 cm³/mol. The van der Waals surface area contributed by atoms with Crippen LogP contribution in [-0.4, -0.2) is 23.5 Å². The van der Waals surface area contributed by atoms with Crippen molar-refractivity contribution in [3.63, 3.8) is 0 Å². The Morgan fingerprint density at radius 2 is 2.25 bits per heavy atom. The molecule has 1 rings (SSSR count). The van der Waals surface area contributed by atoms with Crippen molar-refractivity contribution in [3.8, 4) is 6.07 Å². The second kappa shape index (κ2) is 6.39. The molecule has 1 heterocycles. The Kier molecular flexibility index (Phi) is 5.13. The SMILES string of the molecule is CSCCCNc1cc(C)nc(C)c1C#N. The van der Waals surface area contributed by atoms with Crippen LogP contribution >= 0.6 is 11.8 Å². The Bertz CT molecular complexity index is 396. The fourth-order valence-electron chi connectivity index (χ4n) is 1.55. The molecule has 0 unspecified atom stereocenters. The second-order valence-corrected chi connectivity index (χ2v) is 4.64. The van der Waals surface area contributed by atoms with Gasteiger partial charge in [0, 0.05) is 12.2 Å². The second-order valence-electron chi connectivity index (χ2n) is 3.66. The zero-order valence-corrected chi connectivity index (χ0v) is 10.8. The molecule has 1 aromatic rings. The molecule has 1 N–H and O–H groups in total. The van der Waals surface area contributed by atoms with Crippen LogP contribution < -0.4 is 5.32 Å². The zero-order valence-electron chi connectivity index (χ0n) is 10.0. The van der Waals surface area contributed by atoms with Crippen LogP contribution in [-0.2, 0) is 0 Å². The lowest BCUT2D eigenvalue weighted by atomic mass is 10.1. The van der Waals surface area contributed by atoms with Gasteiger partial charge in [0.15, 0.2) is 0 Å². The molecule has 0 amide bonds. The first-order valence-electron chi connectivity index (χ1n) is 5.30. The summed E-state index contributed by atoms with van der Waals surface area (Å²) in [4.78, 5) is 4.28. The van der Waals surface area contributed by atoms with Crippen LogP contribution in [0.25, 0.3) is 0 Å². The summed E-state index contributed by atoms with van der Waals surface area (Å²) in [7, 11) is 0. The normalized spacial score (nSPS) is 9.88. The molecular formula is C12H17N3S. The average molecular weight is 235 g/mol. The van der Waals surface area contributed by atoms with Gasteiger partial charge in [-0.15, -0.1) is 0 Å². The maximum Gasteiger partial charge on any atom is 0.103 e. The Morgan fingerprint density at radius 1 is 1.50 bits per heavy atom. The van der Waals surface area contributed by atoms with Crippen molar-refractivity contribution < 1.29 is 0 Å². The minimum Gasteiger partial charge on any atom is -0.384 e. The Morgan fingerprint density at radius 3 is 2.88 bits per heavy atom. The molecular weight excluding hydrogens is 218 g/mol. The Hall–Kier alpha value is -1.21. The van der Waals surface area contributed by atoms with Crippen molar-refractivity contribution in [2.24, 2.45) is 0 Å². The summed E-state index contributed by atoms with van der Waals surface area (Å²) >= 11 is 1.84. The number of nitrogens with one attached hydrogen (secondary N) is 1. The molecule has 0 saturated carbocycles. The quantitative estimate of drug-likeness (QED) is 0.797. The standard InChI is InChI=1S/C12H17N3S/c1-9-7-12(14-5-4-6-16-3)11(8-13)10(2)15-9/h7H,4-6H2,1-3H3,(H,14,15). The van der Waals surface area contributed by atoms with E-state index in [1.165, 1.54) is 0 Å². The number of nitrogens with zero attached hydrogens (tertiary/aromatic N) is 2. The summed E-state index contributed by atoms with van der Waals surface area (Å²) < 4.78 is 0. The van der Waals surface area contributed by atoms with Gasteiger partial charge < -0.3 is 5.32 Å². The first-order valence-corrected chi connectivity index (χ1v) is 6.69. The Balaban J connectivity index is 2.75. The van der Waals surface area contributed by atoms with E-state index < -0.39 is 0 Å². The third-order valence-corrected chi connectivity index (χ3v) is 2.98. The number of anilines is 1. The molecule has 0 aromatic carbocycles. The number of pyridine rings is 1. The number of thioether (sulfide) groups is 1. The predicted octanol–water partition coefficient (Wildman–Crippen LogP) is 2.74. The molecule has 0 atom stereocenters. The van der Waals surface area contributed by atoms with Crippen molar-refractivity contribution in [1.82, 2.24) is 4.98 Å². The number of rotatable bonds is 5. The molecule has 0 fully saturated rings. The van der Waals surface area contributed by atoms with Gasteiger partial charge in [-0.25, -0.2) is 0 Å². The van der Waals surface area contributed by atoms with E-state index >= 15 is 0 Å². The zero-order chi connectivity index (χ0) is 12.0. The topological polar surface area (TPSA) is 48.7 Å². The van der Waals surface area contributed by atoms with Crippen molar-refractivity contribution >= 4 is 17.4 Å². The molecule has 0 saturated heterocycles. The molecule has 0 spiro atoms. The van der Waals surface area contributed by atoms with E-state index in [-0.39, 0.29) is 0 Å². The van der Waals surface area contributed by atoms with Crippen molar-refractivity contribution in [1.29, 1.82) is 5.26 Å². The van der Waals surface area contributed by atoms with Crippen LogP contribution in [0.4, 0.5) is 5.69 Å². The number of hydrogen-bond donors (Lipinski definition) is 1. The van der Waals surface area contributed by atoms with E-state index in [9.17, 15) is 0 Å². The van der Waals surface area contributed by atoms with Crippen molar-refractivity contribution in [2.75, 3.05) is 23.9 Å². The largest absolute Gasteiger partial charge is 0.384 e. The van der Waals surface area contributed by atoms with Crippen LogP contribution in [0, 0.1) is 25.2 Å². The van der Waals surface area contributed by atoms with Gasteiger partial charge >= 0.3 is 0 Å². The molecule has 0 aliphatic heterocycles. The van der Waals surface area contributed by atoms with Crippen LogP contribution in [0.5, 0.6) is 0 Å². The number of aromatic nitrogens is 1. The fraction of sp³-hybridized carbons (Fsp3) is 0.500. The fourth-order valence-corrected chi connectivity index (χ4v) is 1.98. The highest BCUT2D eigenvalue weighted by Gasteiger charge is 2.06. The number of hydrogen-bond acceptors (Lipinski definition) is 4. The molecule has 0 aliphatic rings. The minimum absolute atomic E-state index is 0.662. The molecule has 0 bridgehead atoms. The summed E-state index contributed by atoms with van der Waals surface area (Å²) in [6, 6.07) is 4.14. The monoisotopic (exact) mass is 235 g/mol. The molecule has 0 aliphatic carbocycles. The summed E-state index contributed by atoms with van der Waals surface area (Å²) in [5.41, 5.74) is 3.32. The molecule has 4 heteroatoms. The maximum absolute atomic E-state index is 9.06. The lowest BCUT2D eigenvalue weighted by Crippen LogP contribution is -2.06. The highest BCUT2D eigenvalue weighted by Crippen LogP contribution is 2.18. The van der Waals surface area contributed by atoms with Crippen molar-refractivity contribution in [3.05, 3.63) is 23.0 Å². The maximum atomic E-state index is 9.06. The van der Waals surface area contributed by atoms with Crippen LogP contribution in [0.15, 0.2) is 6.07 Å². The molecule has 0 radical (unpaired) electrons. The highest BCUT2D eigenvalue weighted by atomic mass is 32.2. The van der Waals surface area contributed by atoms with E-state index in [1.807, 2.05) is 31.7 Å². The van der Waals surface area contributed by atoms with Gasteiger partial charge in [0.25, 0.3) is 0 Å². The summed E-state index contributed by atoms with van der Waals surface area (Å²) in [5, 5.41) is 12.4. The summed E-state index contributed by atoms with van der Waals surface area (Å²) in [6.45, 7) is 4.72. The smallest absolute Gasteiger partial charge is 0.103 e. The van der Waals surface area contributed by atoms with Crippen molar-refractivity contribution in [2.45, 2.75) is 20.3 Å². The lowest BCUT2D eigenvalue weighted by Gasteiger charge is -2.10. The third-order valence-electron chi connectivity index (χ3n) is 2.28. The summed E-state index contributed by atoms with van der Waals surface area (Å²) in [6.07, 6.45) is 3.20. The molecule has 16 heavy (non-hydrogen) atoms. The lowest BCUT2D eigenvalue weighted by molar-refractivity contribution is 0.985. The molecule has 86 valence electrons. The third kappa shape index (κ3) is 3.42.